The molecule has 0 spiro atoms. The van der Waals surface area contributed by atoms with Crippen molar-refractivity contribution in [3.63, 3.8) is 0 Å². The van der Waals surface area contributed by atoms with Gasteiger partial charge in [-0.15, -0.1) is 0 Å². The Labute approximate surface area is 360 Å². The molecule has 2 amide bonds. The van der Waals surface area contributed by atoms with Gasteiger partial charge < -0.3 is 32.0 Å². The first-order chi connectivity index (χ1) is 27.9. The van der Waals surface area contributed by atoms with Crippen molar-refractivity contribution in [3.8, 4) is 0 Å². The van der Waals surface area contributed by atoms with Gasteiger partial charge in [0.25, 0.3) is 0 Å². The summed E-state index contributed by atoms with van der Waals surface area (Å²) < 4.78 is 0. The molecule has 0 aromatic heterocycles. The number of nitrogens with two attached hydrogens (primary N) is 1. The molecule has 5 saturated carbocycles. The van der Waals surface area contributed by atoms with Gasteiger partial charge in [0.2, 0.25) is 12.3 Å². The topological polar surface area (TPSA) is 200 Å². The van der Waals surface area contributed by atoms with Gasteiger partial charge in [0, 0.05) is 49.2 Å². The quantitative estimate of drug-likeness (QED) is 0.0838. The summed E-state index contributed by atoms with van der Waals surface area (Å²) in [6, 6.07) is 0. The highest BCUT2D eigenvalue weighted by atomic mass is 16.4. The molecular weight excluding hydrogens is 757 g/mol. The fourth-order valence-corrected chi connectivity index (χ4v) is 14.3. The first-order valence-electron chi connectivity index (χ1n) is 22.8. The molecule has 0 bridgehead atoms. The van der Waals surface area contributed by atoms with Gasteiger partial charge in [0.1, 0.15) is 11.3 Å². The Morgan fingerprint density at radius 2 is 1.58 bits per heavy atom. The number of aliphatic hydroxyl groups is 1. The normalized spacial score (nSPS) is 36.6. The number of carbonyl (C=O) groups excluding carboxylic acids is 4. The summed E-state index contributed by atoms with van der Waals surface area (Å²) in [5.41, 5.74) is 8.13. The van der Waals surface area contributed by atoms with E-state index >= 15 is 0 Å². The maximum Gasteiger partial charge on any atom is 0.306 e. The molecule has 11 nitrogen and oxygen atoms in total. The standard InChI is InChI=1S/C43H66N2O6.C5H10N2.CH4O/c1-24(2)35-32(48)22-43(18-19-44-38(51)40(6,7)45-23-46)17-13-30-27(36(35)43)10-11-34-41(30,8)16-14-33-39(4,5)26(12-15-42(33,34)9)20-31(47)28-21-29(25(28)3)37(49)50;1-4(6)3-5(2)7;1-2/h23-30,33-34H,10-22H2,1-9H3,(H,44,51)(H,45,46)(H,49,50);3,6H,7H2,1-2H3;2H,1H3/b;5-3-,6-4?;. The van der Waals surface area contributed by atoms with Crippen molar-refractivity contribution in [1.29, 1.82) is 5.41 Å². The van der Waals surface area contributed by atoms with E-state index in [1.54, 1.807) is 33.8 Å². The number of ketones is 2. The van der Waals surface area contributed by atoms with Crippen molar-refractivity contribution in [1.82, 2.24) is 10.6 Å². The summed E-state index contributed by atoms with van der Waals surface area (Å²) in [5, 5.41) is 29.1. The van der Waals surface area contributed by atoms with Crippen LogP contribution >= 0.6 is 0 Å². The molecule has 338 valence electrons. The molecule has 7 N–H and O–H groups in total. The second-order valence-electron chi connectivity index (χ2n) is 21.7. The minimum atomic E-state index is -0.990. The molecule has 0 heterocycles. The number of aliphatic hydroxyl groups excluding tert-OH is 1. The Kier molecular flexibility index (Phi) is 15.3. The number of allylic oxidation sites excluding steroid dienone is 4. The van der Waals surface area contributed by atoms with E-state index in [9.17, 15) is 29.1 Å². The number of amides is 2. The number of Topliss-reactive ketones (excluding diaryl/α,β-unsaturated/α-hetero) is 2. The number of nitrogens with one attached hydrogen (secondary N) is 3. The van der Waals surface area contributed by atoms with Crippen molar-refractivity contribution in [2.24, 2.45) is 80.7 Å². The lowest BCUT2D eigenvalue weighted by molar-refractivity contribution is -0.193. The minimum absolute atomic E-state index is 0.0349. The highest BCUT2D eigenvalue weighted by Crippen LogP contribution is 2.74. The molecule has 60 heavy (non-hydrogen) atoms. The summed E-state index contributed by atoms with van der Waals surface area (Å²) in [6.45, 7) is 23.7. The molecule has 11 atom stereocenters. The number of carboxylic acids is 1. The number of hydrogen-bond acceptors (Lipinski definition) is 8. The van der Waals surface area contributed by atoms with Crippen LogP contribution in [0.4, 0.5) is 0 Å². The summed E-state index contributed by atoms with van der Waals surface area (Å²) in [6.07, 6.45) is 13.5. The monoisotopic (exact) mass is 837 g/mol. The fraction of sp³-hybridized carbons (Fsp3) is 0.796. The average molecular weight is 837 g/mol. The molecule has 0 aromatic rings. The first-order valence-corrected chi connectivity index (χ1v) is 22.8. The molecule has 0 radical (unpaired) electrons. The Morgan fingerprint density at radius 3 is 2.12 bits per heavy atom. The van der Waals surface area contributed by atoms with E-state index in [1.807, 2.05) is 6.92 Å². The average Bonchev–Trinajstić information content (AvgIpc) is 3.44. The predicted molar refractivity (Wildman–Crippen MR) is 237 cm³/mol. The van der Waals surface area contributed by atoms with Crippen molar-refractivity contribution >= 4 is 35.6 Å². The number of rotatable bonds is 12. The summed E-state index contributed by atoms with van der Waals surface area (Å²) in [4.78, 5) is 63.0. The van der Waals surface area contributed by atoms with Crippen LogP contribution < -0.4 is 16.4 Å². The van der Waals surface area contributed by atoms with E-state index in [4.69, 9.17) is 16.2 Å². The van der Waals surface area contributed by atoms with Crippen molar-refractivity contribution in [2.45, 2.75) is 159 Å². The zero-order chi connectivity index (χ0) is 45.3. The zero-order valence-corrected chi connectivity index (χ0v) is 39.1. The largest absolute Gasteiger partial charge is 0.481 e. The van der Waals surface area contributed by atoms with Crippen molar-refractivity contribution < 1.29 is 34.2 Å². The number of carbonyl (C=O) groups is 5. The molecule has 6 rings (SSSR count). The van der Waals surface area contributed by atoms with E-state index in [-0.39, 0.29) is 57.0 Å². The van der Waals surface area contributed by atoms with Crippen LogP contribution in [0.25, 0.3) is 0 Å². The third-order valence-corrected chi connectivity index (χ3v) is 17.3. The van der Waals surface area contributed by atoms with E-state index in [1.165, 1.54) is 24.8 Å². The van der Waals surface area contributed by atoms with Gasteiger partial charge in [-0.3, -0.25) is 24.0 Å². The smallest absolute Gasteiger partial charge is 0.306 e. The molecule has 6 aliphatic carbocycles. The van der Waals surface area contributed by atoms with Crippen LogP contribution in [0.3, 0.4) is 0 Å². The number of fused-ring (bicyclic) bond motifs is 7. The van der Waals surface area contributed by atoms with Crippen LogP contribution in [0.5, 0.6) is 0 Å². The molecule has 0 aromatic carbocycles. The lowest BCUT2D eigenvalue weighted by Crippen LogP contribution is -2.62. The Balaban J connectivity index is 0.000000800. The van der Waals surface area contributed by atoms with E-state index in [2.05, 4.69) is 52.2 Å². The second-order valence-corrected chi connectivity index (χ2v) is 21.7. The van der Waals surface area contributed by atoms with Gasteiger partial charge in [0.05, 0.1) is 5.92 Å². The molecule has 11 heteroatoms. The lowest BCUT2D eigenvalue weighted by atomic mass is 9.35. The van der Waals surface area contributed by atoms with E-state index in [0.29, 0.717) is 79.0 Å². The van der Waals surface area contributed by atoms with Gasteiger partial charge >= 0.3 is 5.97 Å². The summed E-state index contributed by atoms with van der Waals surface area (Å²) in [7, 11) is 1.00. The third-order valence-electron chi connectivity index (χ3n) is 17.3. The van der Waals surface area contributed by atoms with Crippen molar-refractivity contribution in [2.75, 3.05) is 13.7 Å². The molecule has 0 saturated heterocycles. The molecular formula is C49H80N4O7. The second kappa shape index (κ2) is 18.6. The maximum atomic E-state index is 13.9. The predicted octanol–water partition coefficient (Wildman–Crippen LogP) is 8.04. The third kappa shape index (κ3) is 9.08. The van der Waals surface area contributed by atoms with Crippen LogP contribution in [0.2, 0.25) is 0 Å². The first kappa shape index (κ1) is 49.3. The van der Waals surface area contributed by atoms with Crippen LogP contribution in [-0.4, -0.2) is 65.0 Å². The van der Waals surface area contributed by atoms with Gasteiger partial charge in [-0.25, -0.2) is 0 Å². The van der Waals surface area contributed by atoms with Gasteiger partial charge in [-0.2, -0.15) is 0 Å². The number of aliphatic carboxylic acids is 1. The highest BCUT2D eigenvalue weighted by Gasteiger charge is 2.66. The SMILES string of the molecule is CC(=N)/C=C(/C)N.CC(C)C1=C2C3CCC4C(C)(CCC5C(C)(C)C(CC(=O)C6CC(C(=O)O)C6C)CCC54C)C3CCC2(CCNC(=O)C(C)(C)NC=O)CC1=O.CO. The summed E-state index contributed by atoms with van der Waals surface area (Å²) >= 11 is 0. The molecule has 11 unspecified atom stereocenters. The molecule has 5 fully saturated rings. The fourth-order valence-electron chi connectivity index (χ4n) is 14.3. The molecule has 6 aliphatic rings. The van der Waals surface area contributed by atoms with Crippen LogP contribution in [0, 0.1) is 80.3 Å². The van der Waals surface area contributed by atoms with Gasteiger partial charge in [-0.05, 0) is 161 Å². The zero-order valence-electron chi connectivity index (χ0n) is 39.1. The lowest BCUT2D eigenvalue weighted by Gasteiger charge is -2.69. The number of carboxylic acid groups (broad SMARTS) is 1. The van der Waals surface area contributed by atoms with Crippen LogP contribution in [0.1, 0.15) is 153 Å². The summed E-state index contributed by atoms with van der Waals surface area (Å²) in [5.74, 6) is 1.66. The van der Waals surface area contributed by atoms with Crippen LogP contribution in [-0.2, 0) is 24.0 Å². The Bertz CT molecular complexity index is 1730. The van der Waals surface area contributed by atoms with Crippen molar-refractivity contribution in [3.05, 3.63) is 22.9 Å². The van der Waals surface area contributed by atoms with Gasteiger partial charge in [-0.1, -0.05) is 54.0 Å². The number of hydrogen-bond donors (Lipinski definition) is 6. The van der Waals surface area contributed by atoms with Crippen LogP contribution in [0.15, 0.2) is 22.9 Å². The van der Waals surface area contributed by atoms with E-state index in [0.717, 1.165) is 51.2 Å². The Hall–Kier alpha value is -3.34. The van der Waals surface area contributed by atoms with E-state index < -0.39 is 11.5 Å². The Morgan fingerprint density at radius 1 is 0.950 bits per heavy atom. The highest BCUT2D eigenvalue weighted by molar-refractivity contribution is 6.00. The van der Waals surface area contributed by atoms with Gasteiger partial charge in [0.15, 0.2) is 5.78 Å². The molecule has 0 aliphatic heterocycles. The minimum Gasteiger partial charge on any atom is -0.481 e. The maximum absolute atomic E-state index is 13.9.